The van der Waals surface area contributed by atoms with Gasteiger partial charge in [-0.2, -0.15) is 0 Å². The summed E-state index contributed by atoms with van der Waals surface area (Å²) >= 11 is 0. The lowest BCUT2D eigenvalue weighted by Crippen LogP contribution is -2.42. The first-order valence-electron chi connectivity index (χ1n) is 8.09. The molecule has 2 rings (SSSR count). The second-order valence-electron chi connectivity index (χ2n) is 6.58. The molecule has 0 spiro atoms. The maximum Gasteiger partial charge on any atom is 0.223 e. The molecule has 1 amide bonds. The molecule has 3 nitrogen and oxygen atoms in total. The van der Waals surface area contributed by atoms with E-state index in [1.165, 1.54) is 5.56 Å². The third kappa shape index (κ3) is 4.31. The van der Waals surface area contributed by atoms with Crippen molar-refractivity contribution in [1.82, 2.24) is 10.2 Å². The third-order valence-electron chi connectivity index (χ3n) is 4.35. The fourth-order valence-electron chi connectivity index (χ4n) is 3.11. The van der Waals surface area contributed by atoms with Crippen LogP contribution in [0, 0.1) is 5.92 Å². The fraction of sp³-hybridized carbons (Fsp3) is 0.611. The number of carbonyl (C=O) groups excluding carboxylic acids is 1. The molecule has 0 heterocycles. The minimum atomic E-state index is 0.180. The summed E-state index contributed by atoms with van der Waals surface area (Å²) in [5.74, 6) is 0.827. The molecule has 0 aliphatic heterocycles. The number of rotatable bonds is 7. The van der Waals surface area contributed by atoms with Crippen LogP contribution in [0.4, 0.5) is 0 Å². The maximum atomic E-state index is 12.2. The Morgan fingerprint density at radius 2 is 1.81 bits per heavy atom. The van der Waals surface area contributed by atoms with Crippen molar-refractivity contribution in [2.75, 3.05) is 13.1 Å². The van der Waals surface area contributed by atoms with E-state index in [-0.39, 0.29) is 11.8 Å². The largest absolute Gasteiger partial charge is 0.355 e. The molecule has 0 bridgehead atoms. The number of hydrogen-bond donors (Lipinski definition) is 1. The standard InChI is InChI=1S/C18H28N2O/c1-13(2)20(14(3)4)11-10-19-18(21)17-12-16(17)15-8-6-5-7-9-15/h5-9,13-14,16-17H,10-12H2,1-4H3,(H,19,21)/t16-,17+/m0/s1. The lowest BCUT2D eigenvalue weighted by Gasteiger charge is -2.30. The van der Waals surface area contributed by atoms with E-state index in [1.54, 1.807) is 0 Å². The Kier molecular flexibility index (Phi) is 5.40. The Morgan fingerprint density at radius 1 is 1.19 bits per heavy atom. The van der Waals surface area contributed by atoms with Gasteiger partial charge in [-0.25, -0.2) is 0 Å². The first kappa shape index (κ1) is 16.0. The normalized spacial score (nSPS) is 21.1. The number of carbonyl (C=O) groups is 1. The molecule has 0 aromatic heterocycles. The highest BCUT2D eigenvalue weighted by Crippen LogP contribution is 2.47. The quantitative estimate of drug-likeness (QED) is 0.836. The van der Waals surface area contributed by atoms with Crippen LogP contribution in [0.1, 0.15) is 45.6 Å². The van der Waals surface area contributed by atoms with Gasteiger partial charge in [-0.1, -0.05) is 30.3 Å². The highest BCUT2D eigenvalue weighted by atomic mass is 16.2. The zero-order valence-corrected chi connectivity index (χ0v) is 13.7. The summed E-state index contributed by atoms with van der Waals surface area (Å²) in [7, 11) is 0. The van der Waals surface area contributed by atoms with Crippen molar-refractivity contribution in [3.05, 3.63) is 35.9 Å². The van der Waals surface area contributed by atoms with Crippen LogP contribution in [-0.4, -0.2) is 36.0 Å². The molecular formula is C18H28N2O. The summed E-state index contributed by atoms with van der Waals surface area (Å²) < 4.78 is 0. The molecule has 1 aromatic rings. The summed E-state index contributed by atoms with van der Waals surface area (Å²) in [6.45, 7) is 10.5. The van der Waals surface area contributed by atoms with E-state index >= 15 is 0 Å². The molecule has 116 valence electrons. The zero-order valence-electron chi connectivity index (χ0n) is 13.7. The minimum Gasteiger partial charge on any atom is -0.355 e. The van der Waals surface area contributed by atoms with Gasteiger partial charge in [-0.15, -0.1) is 0 Å². The van der Waals surface area contributed by atoms with Gasteiger partial charge in [0.1, 0.15) is 0 Å². The first-order valence-corrected chi connectivity index (χ1v) is 8.09. The van der Waals surface area contributed by atoms with E-state index in [1.807, 2.05) is 18.2 Å². The monoisotopic (exact) mass is 288 g/mol. The number of amides is 1. The SMILES string of the molecule is CC(C)N(CCNC(=O)[C@@H]1C[C@H]1c1ccccc1)C(C)C. The maximum absolute atomic E-state index is 12.2. The van der Waals surface area contributed by atoms with E-state index in [0.717, 1.165) is 19.5 Å². The zero-order chi connectivity index (χ0) is 15.4. The van der Waals surface area contributed by atoms with E-state index in [0.29, 0.717) is 18.0 Å². The highest BCUT2D eigenvalue weighted by Gasteiger charge is 2.43. The van der Waals surface area contributed by atoms with Crippen molar-refractivity contribution in [2.24, 2.45) is 5.92 Å². The molecule has 0 saturated heterocycles. The van der Waals surface area contributed by atoms with E-state index in [4.69, 9.17) is 0 Å². The van der Waals surface area contributed by atoms with Crippen molar-refractivity contribution in [3.63, 3.8) is 0 Å². The van der Waals surface area contributed by atoms with Gasteiger partial charge in [-0.3, -0.25) is 9.69 Å². The topological polar surface area (TPSA) is 32.3 Å². The molecule has 1 aromatic carbocycles. The predicted molar refractivity (Wildman–Crippen MR) is 87.3 cm³/mol. The van der Waals surface area contributed by atoms with E-state index in [9.17, 15) is 4.79 Å². The lowest BCUT2D eigenvalue weighted by atomic mass is 10.1. The van der Waals surface area contributed by atoms with Crippen molar-refractivity contribution >= 4 is 5.91 Å². The number of nitrogens with zero attached hydrogens (tertiary/aromatic N) is 1. The summed E-state index contributed by atoms with van der Waals surface area (Å²) in [5, 5.41) is 3.10. The Balaban J connectivity index is 1.74. The first-order chi connectivity index (χ1) is 10.0. The Morgan fingerprint density at radius 3 is 2.38 bits per heavy atom. The molecule has 21 heavy (non-hydrogen) atoms. The van der Waals surface area contributed by atoms with Crippen molar-refractivity contribution in [2.45, 2.75) is 52.1 Å². The van der Waals surface area contributed by atoms with Gasteiger partial charge in [0.2, 0.25) is 5.91 Å². The van der Waals surface area contributed by atoms with Crippen LogP contribution in [0.3, 0.4) is 0 Å². The average molecular weight is 288 g/mol. The minimum absolute atomic E-state index is 0.180. The van der Waals surface area contributed by atoms with Gasteiger partial charge in [-0.05, 0) is 45.6 Å². The van der Waals surface area contributed by atoms with Crippen LogP contribution >= 0.6 is 0 Å². The highest BCUT2D eigenvalue weighted by molar-refractivity contribution is 5.82. The van der Waals surface area contributed by atoms with E-state index in [2.05, 4.69) is 50.0 Å². The fourth-order valence-corrected chi connectivity index (χ4v) is 3.11. The second-order valence-corrected chi connectivity index (χ2v) is 6.58. The van der Waals surface area contributed by atoms with Crippen LogP contribution in [-0.2, 0) is 4.79 Å². The molecule has 1 aliphatic carbocycles. The van der Waals surface area contributed by atoms with Gasteiger partial charge < -0.3 is 5.32 Å². The Bertz CT molecular complexity index is 448. The van der Waals surface area contributed by atoms with Crippen LogP contribution in [0.25, 0.3) is 0 Å². The molecule has 3 heteroatoms. The van der Waals surface area contributed by atoms with Crippen LogP contribution in [0.2, 0.25) is 0 Å². The third-order valence-corrected chi connectivity index (χ3v) is 4.35. The summed E-state index contributed by atoms with van der Waals surface area (Å²) in [6, 6.07) is 11.4. The summed E-state index contributed by atoms with van der Waals surface area (Å²) in [5.41, 5.74) is 1.30. The van der Waals surface area contributed by atoms with Crippen LogP contribution in [0.5, 0.6) is 0 Å². The Hall–Kier alpha value is -1.35. The number of benzene rings is 1. The average Bonchev–Trinajstić information content (AvgIpc) is 3.24. The number of hydrogen-bond acceptors (Lipinski definition) is 2. The smallest absolute Gasteiger partial charge is 0.223 e. The molecule has 1 fully saturated rings. The van der Waals surface area contributed by atoms with Crippen molar-refractivity contribution in [1.29, 1.82) is 0 Å². The molecule has 1 N–H and O–H groups in total. The molecular weight excluding hydrogens is 260 g/mol. The second kappa shape index (κ2) is 7.08. The molecule has 1 aliphatic rings. The van der Waals surface area contributed by atoms with Crippen LogP contribution < -0.4 is 5.32 Å². The number of nitrogens with one attached hydrogen (secondary N) is 1. The van der Waals surface area contributed by atoms with Gasteiger partial charge in [0.15, 0.2) is 0 Å². The van der Waals surface area contributed by atoms with Crippen molar-refractivity contribution in [3.8, 4) is 0 Å². The van der Waals surface area contributed by atoms with E-state index < -0.39 is 0 Å². The molecule has 2 atom stereocenters. The van der Waals surface area contributed by atoms with Gasteiger partial charge >= 0.3 is 0 Å². The summed E-state index contributed by atoms with van der Waals surface area (Å²) in [4.78, 5) is 14.6. The molecule has 0 unspecified atom stereocenters. The van der Waals surface area contributed by atoms with Gasteiger partial charge in [0.05, 0.1) is 0 Å². The lowest BCUT2D eigenvalue weighted by molar-refractivity contribution is -0.122. The predicted octanol–water partition coefficient (Wildman–Crippen LogP) is 3.03. The Labute approximate surface area is 128 Å². The van der Waals surface area contributed by atoms with Gasteiger partial charge in [0.25, 0.3) is 0 Å². The van der Waals surface area contributed by atoms with Gasteiger partial charge in [0, 0.05) is 31.1 Å². The van der Waals surface area contributed by atoms with Crippen molar-refractivity contribution < 1.29 is 4.79 Å². The van der Waals surface area contributed by atoms with Crippen LogP contribution in [0.15, 0.2) is 30.3 Å². The molecule has 0 radical (unpaired) electrons. The molecule has 1 saturated carbocycles. The summed E-state index contributed by atoms with van der Waals surface area (Å²) in [6.07, 6.45) is 0.994.